The van der Waals surface area contributed by atoms with Gasteiger partial charge in [0.15, 0.2) is 0 Å². The van der Waals surface area contributed by atoms with Crippen molar-refractivity contribution in [2.45, 2.75) is 70.9 Å². The fraction of sp³-hybridized carbons (Fsp3) is 0.846. The molecule has 0 fully saturated rings. The summed E-state index contributed by atoms with van der Waals surface area (Å²) in [6.07, 6.45) is 8.56. The highest BCUT2D eigenvalue weighted by Gasteiger charge is 2.15. The topological polar surface area (TPSA) is 9.23 Å². The highest BCUT2D eigenvalue weighted by molar-refractivity contribution is 6.31. The molecule has 1 nitrogen and oxygen atoms in total. The molecule has 0 aliphatic heterocycles. The van der Waals surface area contributed by atoms with Gasteiger partial charge < -0.3 is 4.43 Å². The number of hydrogen-bond acceptors (Lipinski definition) is 1. The second kappa shape index (κ2) is 8.11. The first-order valence-corrected chi connectivity index (χ1v) is 6.96. The third-order valence-electron chi connectivity index (χ3n) is 2.12. The molecule has 0 saturated carbocycles. The number of unbranched alkanes of at least 4 members (excludes halogenated alkanes) is 3. The first-order valence-electron chi connectivity index (χ1n) is 6.05. The van der Waals surface area contributed by atoms with Gasteiger partial charge in [0.2, 0.25) is 9.76 Å². The Labute approximate surface area is 98.2 Å². The summed E-state index contributed by atoms with van der Waals surface area (Å²) in [5, 5.41) is 0.282. The van der Waals surface area contributed by atoms with Gasteiger partial charge in [-0.25, -0.2) is 0 Å². The maximum Gasteiger partial charge on any atom is 0.236 e. The molecule has 2 radical (unpaired) electrons. The van der Waals surface area contributed by atoms with Crippen molar-refractivity contribution in [3.05, 3.63) is 12.7 Å². The Morgan fingerprint density at radius 3 is 2.40 bits per heavy atom. The zero-order valence-corrected chi connectivity index (χ0v) is 11.8. The standard InChI is InChI=1S/C13H26OSi/c1-6-8-9-10-11-12(7-2)14-15-13(3,4)5/h7,12H,2,6,8-11H2,1,3-5H3. The van der Waals surface area contributed by atoms with Crippen molar-refractivity contribution >= 4 is 9.76 Å². The van der Waals surface area contributed by atoms with Gasteiger partial charge in [0.05, 0.1) is 6.10 Å². The van der Waals surface area contributed by atoms with E-state index in [1.54, 1.807) is 0 Å². The van der Waals surface area contributed by atoms with Gasteiger partial charge in [0.1, 0.15) is 0 Å². The predicted molar refractivity (Wildman–Crippen MR) is 69.3 cm³/mol. The van der Waals surface area contributed by atoms with E-state index >= 15 is 0 Å². The SMILES string of the molecule is C=CC(CCCCCC)O[Si]C(C)(C)C. The molecule has 0 saturated heterocycles. The van der Waals surface area contributed by atoms with Crippen LogP contribution in [0.5, 0.6) is 0 Å². The van der Waals surface area contributed by atoms with Gasteiger partial charge in [-0.3, -0.25) is 0 Å². The number of hydrogen-bond donors (Lipinski definition) is 0. The Kier molecular flexibility index (Phi) is 8.07. The molecule has 0 aromatic rings. The molecular weight excluding hydrogens is 200 g/mol. The van der Waals surface area contributed by atoms with Crippen LogP contribution in [0.15, 0.2) is 12.7 Å². The van der Waals surface area contributed by atoms with Gasteiger partial charge in [0, 0.05) is 0 Å². The van der Waals surface area contributed by atoms with E-state index in [0.717, 1.165) is 6.42 Å². The van der Waals surface area contributed by atoms with E-state index in [4.69, 9.17) is 4.43 Å². The van der Waals surface area contributed by atoms with E-state index in [2.05, 4.69) is 34.3 Å². The van der Waals surface area contributed by atoms with E-state index in [0.29, 0.717) is 9.76 Å². The van der Waals surface area contributed by atoms with Gasteiger partial charge >= 0.3 is 0 Å². The van der Waals surface area contributed by atoms with E-state index in [1.165, 1.54) is 25.7 Å². The Bertz CT molecular complexity index is 160. The minimum absolute atomic E-state index is 0.263. The third-order valence-corrected chi connectivity index (χ3v) is 3.15. The molecule has 15 heavy (non-hydrogen) atoms. The summed E-state index contributed by atoms with van der Waals surface area (Å²) >= 11 is 0. The van der Waals surface area contributed by atoms with E-state index in [1.807, 2.05) is 6.08 Å². The molecule has 0 bridgehead atoms. The minimum Gasteiger partial charge on any atom is -0.411 e. The maximum atomic E-state index is 5.85. The van der Waals surface area contributed by atoms with E-state index in [-0.39, 0.29) is 11.1 Å². The van der Waals surface area contributed by atoms with Crippen LogP contribution in [0.3, 0.4) is 0 Å². The lowest BCUT2D eigenvalue weighted by atomic mass is 10.1. The third kappa shape index (κ3) is 10.2. The van der Waals surface area contributed by atoms with Crippen LogP contribution < -0.4 is 0 Å². The van der Waals surface area contributed by atoms with Crippen molar-refractivity contribution < 1.29 is 4.43 Å². The molecular formula is C13H26OSi. The monoisotopic (exact) mass is 226 g/mol. The number of rotatable bonds is 8. The van der Waals surface area contributed by atoms with Crippen molar-refractivity contribution in [1.29, 1.82) is 0 Å². The van der Waals surface area contributed by atoms with Crippen LogP contribution in [0.4, 0.5) is 0 Å². The molecule has 0 amide bonds. The summed E-state index contributed by atoms with van der Waals surface area (Å²) in [5.41, 5.74) is 0. The molecule has 0 aromatic carbocycles. The van der Waals surface area contributed by atoms with Crippen LogP contribution in [0.1, 0.15) is 59.8 Å². The van der Waals surface area contributed by atoms with Crippen LogP contribution in [-0.4, -0.2) is 15.9 Å². The van der Waals surface area contributed by atoms with E-state index in [9.17, 15) is 0 Å². The van der Waals surface area contributed by atoms with Gasteiger partial charge in [-0.1, -0.05) is 59.5 Å². The predicted octanol–water partition coefficient (Wildman–Crippen LogP) is 4.37. The highest BCUT2D eigenvalue weighted by atomic mass is 28.2. The molecule has 1 atom stereocenters. The Morgan fingerprint density at radius 2 is 1.93 bits per heavy atom. The summed E-state index contributed by atoms with van der Waals surface area (Å²) in [5.74, 6) is 0. The lowest BCUT2D eigenvalue weighted by Crippen LogP contribution is -2.19. The summed E-state index contributed by atoms with van der Waals surface area (Å²) in [4.78, 5) is 0. The van der Waals surface area contributed by atoms with Crippen molar-refractivity contribution in [3.63, 3.8) is 0 Å². The Morgan fingerprint density at radius 1 is 1.27 bits per heavy atom. The maximum absolute atomic E-state index is 5.85. The average Bonchev–Trinajstić information content (AvgIpc) is 2.15. The summed E-state index contributed by atoms with van der Waals surface area (Å²) in [6.45, 7) is 12.7. The minimum atomic E-state index is 0.263. The summed E-state index contributed by atoms with van der Waals surface area (Å²) < 4.78 is 5.85. The molecule has 0 spiro atoms. The lowest BCUT2D eigenvalue weighted by molar-refractivity contribution is 0.236. The Hall–Kier alpha value is -0.0831. The fourth-order valence-corrected chi connectivity index (χ4v) is 1.97. The van der Waals surface area contributed by atoms with Gasteiger partial charge in [0.25, 0.3) is 0 Å². The molecule has 1 unspecified atom stereocenters. The normalized spacial score (nSPS) is 13.9. The largest absolute Gasteiger partial charge is 0.411 e. The zero-order chi connectivity index (χ0) is 11.7. The fourth-order valence-electron chi connectivity index (χ4n) is 1.25. The molecule has 2 heteroatoms. The molecule has 0 aliphatic carbocycles. The van der Waals surface area contributed by atoms with Crippen LogP contribution in [0.25, 0.3) is 0 Å². The quantitative estimate of drug-likeness (QED) is 0.339. The highest BCUT2D eigenvalue weighted by Crippen LogP contribution is 2.21. The Balaban J connectivity index is 3.60. The molecule has 0 heterocycles. The van der Waals surface area contributed by atoms with Gasteiger partial charge in [-0.05, 0) is 11.5 Å². The molecule has 0 N–H and O–H groups in total. The van der Waals surface area contributed by atoms with Crippen LogP contribution in [0.2, 0.25) is 5.04 Å². The molecule has 0 aliphatic rings. The molecule has 88 valence electrons. The van der Waals surface area contributed by atoms with Gasteiger partial charge in [-0.2, -0.15) is 0 Å². The van der Waals surface area contributed by atoms with Crippen molar-refractivity contribution in [3.8, 4) is 0 Å². The zero-order valence-electron chi connectivity index (χ0n) is 10.8. The first-order chi connectivity index (χ1) is 6.99. The summed E-state index contributed by atoms with van der Waals surface area (Å²) in [7, 11) is 0.570. The van der Waals surface area contributed by atoms with Crippen LogP contribution in [0, 0.1) is 0 Å². The molecule has 0 aromatic heterocycles. The van der Waals surface area contributed by atoms with Crippen molar-refractivity contribution in [2.24, 2.45) is 0 Å². The second-order valence-electron chi connectivity index (χ2n) is 5.09. The van der Waals surface area contributed by atoms with Crippen molar-refractivity contribution in [1.82, 2.24) is 0 Å². The molecule has 0 rings (SSSR count). The van der Waals surface area contributed by atoms with Crippen LogP contribution >= 0.6 is 0 Å². The average molecular weight is 226 g/mol. The van der Waals surface area contributed by atoms with Crippen molar-refractivity contribution in [2.75, 3.05) is 0 Å². The first kappa shape index (κ1) is 14.9. The summed E-state index contributed by atoms with van der Waals surface area (Å²) in [6, 6.07) is 0. The second-order valence-corrected chi connectivity index (χ2v) is 7.03. The van der Waals surface area contributed by atoms with E-state index < -0.39 is 0 Å². The lowest BCUT2D eigenvalue weighted by Gasteiger charge is -2.20. The van der Waals surface area contributed by atoms with Crippen LogP contribution in [-0.2, 0) is 4.43 Å². The van der Waals surface area contributed by atoms with Gasteiger partial charge in [-0.15, -0.1) is 6.58 Å². The smallest absolute Gasteiger partial charge is 0.236 e.